The van der Waals surface area contributed by atoms with Gasteiger partial charge in [-0.15, -0.1) is 5.10 Å². The fraction of sp³-hybridized carbons (Fsp3) is 0. The van der Waals surface area contributed by atoms with E-state index in [4.69, 9.17) is 0 Å². The molecular weight excluding hydrogens is 264 g/mol. The van der Waals surface area contributed by atoms with Gasteiger partial charge in [0.05, 0.1) is 5.69 Å². The Labute approximate surface area is 112 Å². The van der Waals surface area contributed by atoms with Crippen molar-refractivity contribution in [3.8, 4) is 11.4 Å². The predicted octanol–water partition coefficient (Wildman–Crippen LogP) is 1.31. The zero-order valence-electron chi connectivity index (χ0n) is 9.58. The van der Waals surface area contributed by atoms with Gasteiger partial charge in [-0.3, -0.25) is 0 Å². The molecule has 2 aromatic heterocycles. The van der Waals surface area contributed by atoms with Crippen LogP contribution in [0.1, 0.15) is 0 Å². The summed E-state index contributed by atoms with van der Waals surface area (Å²) in [6.07, 6.45) is 3.13. The lowest BCUT2D eigenvalue weighted by Gasteiger charge is -2.03. The first-order chi connectivity index (χ1) is 9.33. The minimum atomic E-state index is 0.196. The van der Waals surface area contributed by atoms with E-state index >= 15 is 0 Å². The molecule has 0 bridgehead atoms. The maximum Gasteiger partial charge on any atom is 0.220 e. The number of aromatic nitrogens is 6. The first-order valence-corrected chi connectivity index (χ1v) is 6.16. The Morgan fingerprint density at radius 3 is 2.68 bits per heavy atom. The number of nitrogens with zero attached hydrogens (tertiary/aromatic N) is 6. The third-order valence-electron chi connectivity index (χ3n) is 2.29. The highest BCUT2D eigenvalue weighted by Gasteiger charge is 2.10. The Morgan fingerprint density at radius 1 is 1.11 bits per heavy atom. The van der Waals surface area contributed by atoms with E-state index in [0.717, 1.165) is 10.7 Å². The number of rotatable bonds is 3. The van der Waals surface area contributed by atoms with Gasteiger partial charge in [0, 0.05) is 6.20 Å². The van der Waals surface area contributed by atoms with Gasteiger partial charge in [-0.05, 0) is 52.5 Å². The zero-order chi connectivity index (χ0) is 13.1. The Kier molecular flexibility index (Phi) is 3.07. The summed E-state index contributed by atoms with van der Waals surface area (Å²) in [5, 5.41) is 22.1. The van der Waals surface area contributed by atoms with Gasteiger partial charge in [0.25, 0.3) is 0 Å². The topological polar surface area (TPSA) is 89.6 Å². The van der Waals surface area contributed by atoms with Gasteiger partial charge in [0.15, 0.2) is 0 Å². The highest BCUT2D eigenvalue weighted by Crippen LogP contribution is 2.25. The molecule has 1 aromatic carbocycles. The van der Waals surface area contributed by atoms with Crippen molar-refractivity contribution in [2.45, 2.75) is 10.2 Å². The van der Waals surface area contributed by atoms with Crippen LogP contribution in [0.15, 0.2) is 53.0 Å². The second-order valence-corrected chi connectivity index (χ2v) is 4.53. The van der Waals surface area contributed by atoms with Crippen molar-refractivity contribution < 1.29 is 5.11 Å². The summed E-state index contributed by atoms with van der Waals surface area (Å²) in [5.41, 5.74) is 0.763. The Morgan fingerprint density at radius 2 is 1.95 bits per heavy atom. The minimum Gasteiger partial charge on any atom is -0.508 e. The second kappa shape index (κ2) is 5.02. The molecule has 1 N–H and O–H groups in total. The molecule has 19 heavy (non-hydrogen) atoms. The molecule has 3 rings (SSSR count). The van der Waals surface area contributed by atoms with Crippen LogP contribution in [0.5, 0.6) is 5.75 Å². The van der Waals surface area contributed by atoms with E-state index < -0.39 is 0 Å². The summed E-state index contributed by atoms with van der Waals surface area (Å²) < 4.78 is 1.58. The van der Waals surface area contributed by atoms with Gasteiger partial charge in [-0.2, -0.15) is 4.68 Å². The van der Waals surface area contributed by atoms with Crippen LogP contribution in [0, 0.1) is 0 Å². The average Bonchev–Trinajstić information content (AvgIpc) is 2.89. The first kappa shape index (κ1) is 11.6. The monoisotopic (exact) mass is 272 g/mol. The number of aromatic hydroxyl groups is 1. The number of phenolic OH excluding ortho intramolecular Hbond substituents is 1. The Bertz CT molecular complexity index is 669. The van der Waals surface area contributed by atoms with Crippen LogP contribution in [-0.2, 0) is 0 Å². The molecule has 0 unspecified atom stereocenters. The lowest BCUT2D eigenvalue weighted by atomic mass is 10.3. The van der Waals surface area contributed by atoms with Crippen LogP contribution in [-0.4, -0.2) is 35.3 Å². The summed E-state index contributed by atoms with van der Waals surface area (Å²) >= 11 is 1.33. The van der Waals surface area contributed by atoms with E-state index in [-0.39, 0.29) is 5.75 Å². The lowest BCUT2D eigenvalue weighted by molar-refractivity contribution is 0.475. The predicted molar refractivity (Wildman–Crippen MR) is 67.0 cm³/mol. The number of tetrazole rings is 1. The fourth-order valence-corrected chi connectivity index (χ4v) is 2.15. The Balaban J connectivity index is 1.92. The summed E-state index contributed by atoms with van der Waals surface area (Å²) in [6, 6.07) is 8.40. The standard InChI is InChI=1S/C11H8N6OS/c18-9-3-1-8(2-4-9)17-11(14-15-16-17)19-10-5-6-12-7-13-10/h1-7,18H. The van der Waals surface area contributed by atoms with Crippen molar-refractivity contribution in [1.82, 2.24) is 30.2 Å². The van der Waals surface area contributed by atoms with Gasteiger partial charge < -0.3 is 5.11 Å². The molecule has 0 spiro atoms. The molecule has 0 atom stereocenters. The van der Waals surface area contributed by atoms with Crippen molar-refractivity contribution in [2.75, 3.05) is 0 Å². The minimum absolute atomic E-state index is 0.196. The highest BCUT2D eigenvalue weighted by atomic mass is 32.2. The van der Waals surface area contributed by atoms with Crippen molar-refractivity contribution in [3.63, 3.8) is 0 Å². The number of hydrogen-bond acceptors (Lipinski definition) is 7. The highest BCUT2D eigenvalue weighted by molar-refractivity contribution is 7.99. The van der Waals surface area contributed by atoms with E-state index in [1.54, 1.807) is 41.2 Å². The fourth-order valence-electron chi connectivity index (χ4n) is 1.43. The molecule has 0 radical (unpaired) electrons. The van der Waals surface area contributed by atoms with Crippen molar-refractivity contribution >= 4 is 11.8 Å². The Hall–Kier alpha value is -2.48. The van der Waals surface area contributed by atoms with E-state index in [1.165, 1.54) is 18.1 Å². The molecule has 0 saturated carbocycles. The first-order valence-electron chi connectivity index (χ1n) is 5.34. The smallest absolute Gasteiger partial charge is 0.220 e. The van der Waals surface area contributed by atoms with Gasteiger partial charge in [-0.25, -0.2) is 9.97 Å². The van der Waals surface area contributed by atoms with Crippen LogP contribution in [0.2, 0.25) is 0 Å². The van der Waals surface area contributed by atoms with Crippen LogP contribution >= 0.6 is 11.8 Å². The van der Waals surface area contributed by atoms with Crippen molar-refractivity contribution in [1.29, 1.82) is 0 Å². The molecule has 3 aromatic rings. The summed E-state index contributed by atoms with van der Waals surface area (Å²) in [7, 11) is 0. The van der Waals surface area contributed by atoms with E-state index in [9.17, 15) is 5.11 Å². The molecule has 0 aliphatic carbocycles. The molecule has 7 nitrogen and oxygen atoms in total. The number of benzene rings is 1. The third-order valence-corrected chi connectivity index (χ3v) is 3.17. The van der Waals surface area contributed by atoms with Crippen LogP contribution in [0.3, 0.4) is 0 Å². The zero-order valence-corrected chi connectivity index (χ0v) is 10.4. The van der Waals surface area contributed by atoms with Crippen molar-refractivity contribution in [3.05, 3.63) is 42.9 Å². The lowest BCUT2D eigenvalue weighted by Crippen LogP contribution is -1.98. The van der Waals surface area contributed by atoms with Crippen LogP contribution in [0.4, 0.5) is 0 Å². The SMILES string of the molecule is Oc1ccc(-n2nnnc2Sc2ccncn2)cc1. The molecule has 8 heteroatoms. The molecule has 0 amide bonds. The normalized spacial score (nSPS) is 10.5. The van der Waals surface area contributed by atoms with Crippen LogP contribution in [0.25, 0.3) is 5.69 Å². The molecule has 0 aliphatic heterocycles. The van der Waals surface area contributed by atoms with Gasteiger partial charge in [0.1, 0.15) is 17.1 Å². The maximum atomic E-state index is 9.28. The van der Waals surface area contributed by atoms with Gasteiger partial charge >= 0.3 is 0 Å². The van der Waals surface area contributed by atoms with Crippen molar-refractivity contribution in [2.24, 2.45) is 0 Å². The van der Waals surface area contributed by atoms with E-state index in [2.05, 4.69) is 25.5 Å². The molecule has 0 saturated heterocycles. The van der Waals surface area contributed by atoms with E-state index in [1.807, 2.05) is 0 Å². The maximum absolute atomic E-state index is 9.28. The summed E-state index contributed by atoms with van der Waals surface area (Å²) in [5.74, 6) is 0.196. The summed E-state index contributed by atoms with van der Waals surface area (Å²) in [4.78, 5) is 7.96. The number of hydrogen-bond donors (Lipinski definition) is 1. The molecule has 2 heterocycles. The second-order valence-electron chi connectivity index (χ2n) is 3.54. The largest absolute Gasteiger partial charge is 0.508 e. The average molecular weight is 272 g/mol. The van der Waals surface area contributed by atoms with Crippen LogP contribution < -0.4 is 0 Å². The molecule has 94 valence electrons. The van der Waals surface area contributed by atoms with Gasteiger partial charge in [0.2, 0.25) is 5.16 Å². The molecule has 0 fully saturated rings. The molecular formula is C11H8N6OS. The number of phenols is 1. The van der Waals surface area contributed by atoms with E-state index in [0.29, 0.717) is 5.16 Å². The third kappa shape index (κ3) is 2.52. The molecule has 0 aliphatic rings. The van der Waals surface area contributed by atoms with Gasteiger partial charge in [-0.1, -0.05) is 0 Å². The quantitative estimate of drug-likeness (QED) is 0.719. The summed E-state index contributed by atoms with van der Waals surface area (Å²) in [6.45, 7) is 0.